The molecule has 4 aromatic rings. The van der Waals surface area contributed by atoms with E-state index in [1.807, 2.05) is 47.8 Å². The Hall–Kier alpha value is -4.32. The number of carbonyl (C=O) groups is 1. The number of hydrogen-bond acceptors (Lipinski definition) is 8. The Labute approximate surface area is 259 Å². The number of rotatable bonds is 7. The van der Waals surface area contributed by atoms with Gasteiger partial charge in [0.15, 0.2) is 0 Å². The number of anilines is 2. The van der Waals surface area contributed by atoms with Crippen molar-refractivity contribution >= 4 is 28.6 Å². The van der Waals surface area contributed by atoms with Crippen molar-refractivity contribution in [1.82, 2.24) is 19.9 Å². The molecule has 0 radical (unpaired) electrons. The third kappa shape index (κ3) is 6.28. The van der Waals surface area contributed by atoms with Gasteiger partial charge in [0.05, 0.1) is 6.61 Å². The molecular weight excluding hydrogens is 585 g/mol. The van der Waals surface area contributed by atoms with Crippen molar-refractivity contribution < 1.29 is 27.4 Å². The molecule has 6 rings (SSSR count). The van der Waals surface area contributed by atoms with Gasteiger partial charge in [0, 0.05) is 55.4 Å². The molecule has 2 saturated heterocycles. The summed E-state index contributed by atoms with van der Waals surface area (Å²) in [5.41, 5.74) is 9.77. The van der Waals surface area contributed by atoms with Crippen LogP contribution in [0.5, 0.6) is 5.88 Å². The highest BCUT2D eigenvalue weighted by molar-refractivity contribution is 5.88. The number of esters is 1. The van der Waals surface area contributed by atoms with Gasteiger partial charge in [-0.25, -0.2) is 0 Å². The first kappa shape index (κ1) is 30.7. The standard InChI is InChI=1S/C33H37F3N6O3/c1-4-44-30(43)25-17-32(19-38-25)11-13-42(14-12-32)27-16-28(40-31(37)39-27)45-29(33(34,35)36)22-7-5-21(6-8-22)23-9-10-26-24(15-23)20(2)18-41(26)3/h5-10,15-16,18,25,29,38H,4,11-14,17,19H2,1-3H3,(H2,37,39,40)/t25-,29+/m0/s1. The number of ether oxygens (including phenoxy) is 2. The lowest BCUT2D eigenvalue weighted by Gasteiger charge is -2.39. The molecule has 0 saturated carbocycles. The number of nitrogens with one attached hydrogen (secondary N) is 1. The number of aromatic nitrogens is 3. The van der Waals surface area contributed by atoms with Crippen LogP contribution >= 0.6 is 0 Å². The molecule has 2 atom stereocenters. The molecule has 0 aliphatic carbocycles. The highest BCUT2D eigenvalue weighted by atomic mass is 19.4. The van der Waals surface area contributed by atoms with Crippen LogP contribution < -0.4 is 20.7 Å². The fourth-order valence-electron chi connectivity index (χ4n) is 6.63. The SMILES string of the molecule is CCOC(=O)[C@@H]1CC2(CCN(c3cc(O[C@H](c4ccc(-c5ccc6c(c5)c(C)cn6C)cc4)C(F)(F)F)nc(N)n3)CC2)CN1. The van der Waals surface area contributed by atoms with Crippen LogP contribution in [0.15, 0.2) is 54.7 Å². The predicted octanol–water partition coefficient (Wildman–Crippen LogP) is 5.72. The smallest absolute Gasteiger partial charge is 0.429 e. The minimum atomic E-state index is -4.70. The molecule has 0 amide bonds. The van der Waals surface area contributed by atoms with Crippen LogP contribution in [0.25, 0.3) is 22.0 Å². The molecule has 12 heteroatoms. The summed E-state index contributed by atoms with van der Waals surface area (Å²) in [6, 6.07) is 13.3. The van der Waals surface area contributed by atoms with Crippen LogP contribution in [-0.4, -0.2) is 59.0 Å². The van der Waals surface area contributed by atoms with E-state index in [1.165, 1.54) is 18.2 Å². The Morgan fingerprint density at radius 3 is 2.51 bits per heavy atom. The van der Waals surface area contributed by atoms with E-state index in [1.54, 1.807) is 19.1 Å². The highest BCUT2D eigenvalue weighted by Crippen LogP contribution is 2.42. The topological polar surface area (TPSA) is 108 Å². The van der Waals surface area contributed by atoms with Crippen LogP contribution in [-0.2, 0) is 16.6 Å². The first-order valence-electron chi connectivity index (χ1n) is 15.1. The quantitative estimate of drug-likeness (QED) is 0.252. The van der Waals surface area contributed by atoms with Crippen molar-refractivity contribution in [2.75, 3.05) is 36.9 Å². The average molecular weight is 623 g/mol. The fourth-order valence-corrected chi connectivity index (χ4v) is 6.63. The summed E-state index contributed by atoms with van der Waals surface area (Å²) < 4.78 is 55.8. The van der Waals surface area contributed by atoms with Crippen molar-refractivity contribution in [2.24, 2.45) is 12.5 Å². The number of aryl methyl sites for hydroxylation is 2. The van der Waals surface area contributed by atoms with E-state index in [0.717, 1.165) is 40.4 Å². The van der Waals surface area contributed by atoms with Gasteiger partial charge in [-0.3, -0.25) is 4.79 Å². The number of nitrogen functional groups attached to an aromatic ring is 1. The third-order valence-electron chi connectivity index (χ3n) is 9.06. The summed E-state index contributed by atoms with van der Waals surface area (Å²) >= 11 is 0. The molecule has 2 aromatic carbocycles. The maximum Gasteiger partial charge on any atom is 0.429 e. The van der Waals surface area contributed by atoms with Gasteiger partial charge in [-0.2, -0.15) is 23.1 Å². The van der Waals surface area contributed by atoms with Crippen molar-refractivity contribution in [3.8, 4) is 17.0 Å². The molecule has 2 aliphatic rings. The summed E-state index contributed by atoms with van der Waals surface area (Å²) in [6.45, 7) is 6.06. The molecule has 238 valence electrons. The normalized spacial score (nSPS) is 18.8. The van der Waals surface area contributed by atoms with E-state index >= 15 is 0 Å². The molecule has 2 aliphatic heterocycles. The molecule has 3 N–H and O–H groups in total. The maximum atomic E-state index is 14.3. The van der Waals surface area contributed by atoms with Gasteiger partial charge in [0.1, 0.15) is 11.9 Å². The molecule has 1 spiro atoms. The molecule has 9 nitrogen and oxygen atoms in total. The van der Waals surface area contributed by atoms with Gasteiger partial charge in [0.25, 0.3) is 0 Å². The van der Waals surface area contributed by atoms with Gasteiger partial charge in [-0.1, -0.05) is 30.3 Å². The Morgan fingerprint density at radius 1 is 1.11 bits per heavy atom. The van der Waals surface area contributed by atoms with Gasteiger partial charge in [0.2, 0.25) is 17.9 Å². The molecule has 4 heterocycles. The number of alkyl halides is 3. The maximum absolute atomic E-state index is 14.3. The number of halogens is 3. The summed E-state index contributed by atoms with van der Waals surface area (Å²) in [4.78, 5) is 22.5. The second-order valence-electron chi connectivity index (χ2n) is 12.1. The average Bonchev–Trinajstić information content (AvgIpc) is 3.55. The number of hydrogen-bond donors (Lipinski definition) is 2. The summed E-state index contributed by atoms with van der Waals surface area (Å²) in [5, 5.41) is 4.38. The highest BCUT2D eigenvalue weighted by Gasteiger charge is 2.45. The Morgan fingerprint density at radius 2 is 1.82 bits per heavy atom. The van der Waals surface area contributed by atoms with Gasteiger partial charge >= 0.3 is 12.1 Å². The van der Waals surface area contributed by atoms with Crippen LogP contribution in [0.2, 0.25) is 0 Å². The summed E-state index contributed by atoms with van der Waals surface area (Å²) in [7, 11) is 1.98. The largest absolute Gasteiger partial charge is 0.465 e. The molecule has 45 heavy (non-hydrogen) atoms. The minimum absolute atomic E-state index is 0.0493. The van der Waals surface area contributed by atoms with Crippen molar-refractivity contribution in [3.63, 3.8) is 0 Å². The zero-order valence-electron chi connectivity index (χ0n) is 25.5. The fraction of sp³-hybridized carbons (Fsp3) is 0.424. The van der Waals surface area contributed by atoms with Crippen LogP contribution in [0.1, 0.15) is 43.4 Å². The van der Waals surface area contributed by atoms with E-state index in [0.29, 0.717) is 38.5 Å². The zero-order chi connectivity index (χ0) is 31.9. The zero-order valence-corrected chi connectivity index (χ0v) is 25.5. The molecule has 0 bridgehead atoms. The van der Waals surface area contributed by atoms with Crippen LogP contribution in [0.4, 0.5) is 24.9 Å². The third-order valence-corrected chi connectivity index (χ3v) is 9.06. The molecule has 2 fully saturated rings. The van der Waals surface area contributed by atoms with Crippen molar-refractivity contribution in [2.45, 2.75) is 51.4 Å². The van der Waals surface area contributed by atoms with E-state index in [2.05, 4.69) is 15.3 Å². The van der Waals surface area contributed by atoms with Crippen molar-refractivity contribution in [3.05, 3.63) is 65.9 Å². The summed E-state index contributed by atoms with van der Waals surface area (Å²) in [6.07, 6.45) is -2.65. The lowest BCUT2D eigenvalue weighted by atomic mass is 9.76. The number of benzene rings is 2. The second-order valence-corrected chi connectivity index (χ2v) is 12.1. The molecule has 2 aromatic heterocycles. The second kappa shape index (κ2) is 11.9. The van der Waals surface area contributed by atoms with Crippen LogP contribution in [0, 0.1) is 12.3 Å². The van der Waals surface area contributed by atoms with E-state index < -0.39 is 12.3 Å². The summed E-state index contributed by atoms with van der Waals surface area (Å²) in [5.74, 6) is -0.252. The monoisotopic (exact) mass is 622 g/mol. The van der Waals surface area contributed by atoms with E-state index in [4.69, 9.17) is 15.2 Å². The minimum Gasteiger partial charge on any atom is -0.465 e. The number of carbonyl (C=O) groups excluding carboxylic acids is 1. The van der Waals surface area contributed by atoms with Gasteiger partial charge in [-0.05, 0) is 67.3 Å². The number of fused-ring (bicyclic) bond motifs is 1. The lowest BCUT2D eigenvalue weighted by molar-refractivity contribution is -0.198. The Balaban J connectivity index is 1.17. The van der Waals surface area contributed by atoms with Gasteiger partial charge < -0.3 is 30.0 Å². The Kier molecular flexibility index (Phi) is 8.11. The molecular formula is C33H37F3N6O3. The van der Waals surface area contributed by atoms with Crippen LogP contribution in [0.3, 0.4) is 0 Å². The van der Waals surface area contributed by atoms with E-state index in [-0.39, 0.29) is 34.8 Å². The number of nitrogens with two attached hydrogens (primary N) is 1. The van der Waals surface area contributed by atoms with E-state index in [9.17, 15) is 18.0 Å². The Bertz CT molecular complexity index is 1700. The number of nitrogens with zero attached hydrogens (tertiary/aromatic N) is 4. The first-order chi connectivity index (χ1) is 21.4. The predicted molar refractivity (Wildman–Crippen MR) is 166 cm³/mol. The number of piperidine rings is 1. The van der Waals surface area contributed by atoms with Crippen molar-refractivity contribution in [1.29, 1.82) is 0 Å². The lowest BCUT2D eigenvalue weighted by Crippen LogP contribution is -2.41. The molecule has 0 unspecified atom stereocenters. The first-order valence-corrected chi connectivity index (χ1v) is 15.1. The van der Waals surface area contributed by atoms with Gasteiger partial charge in [-0.15, -0.1) is 0 Å².